The van der Waals surface area contributed by atoms with Crippen LogP contribution in [-0.2, 0) is 4.74 Å². The maximum atomic E-state index is 12.4. The van der Waals surface area contributed by atoms with Crippen LogP contribution in [0.2, 0.25) is 0 Å². The van der Waals surface area contributed by atoms with Gasteiger partial charge < -0.3 is 10.1 Å². The lowest BCUT2D eigenvalue weighted by atomic mass is 10.2. The molecule has 0 aliphatic carbocycles. The summed E-state index contributed by atoms with van der Waals surface area (Å²) in [6.45, 7) is 0. The molecule has 0 spiro atoms. The Morgan fingerprint density at radius 1 is 1.12 bits per heavy atom. The highest BCUT2D eigenvalue weighted by atomic mass is 32.3. The van der Waals surface area contributed by atoms with Crippen molar-refractivity contribution in [1.82, 2.24) is 0 Å². The van der Waals surface area contributed by atoms with Crippen LogP contribution in [0.25, 0.3) is 0 Å². The summed E-state index contributed by atoms with van der Waals surface area (Å²) in [4.78, 5) is 25.5. The van der Waals surface area contributed by atoms with E-state index in [1.54, 1.807) is 30.3 Å². The highest BCUT2D eigenvalue weighted by molar-refractivity contribution is 8.36. The van der Waals surface area contributed by atoms with Crippen molar-refractivity contribution in [3.8, 4) is 11.2 Å². The molecule has 0 saturated carbocycles. The minimum atomic E-state index is -0.906. The number of hydrogen-bond donors (Lipinski definition) is 1. The smallest absolute Gasteiger partial charge is 0.339 e. The van der Waals surface area contributed by atoms with Crippen molar-refractivity contribution in [2.45, 2.75) is 0 Å². The van der Waals surface area contributed by atoms with Gasteiger partial charge in [-0.3, -0.25) is 4.79 Å². The molecule has 0 saturated heterocycles. The van der Waals surface area contributed by atoms with Crippen molar-refractivity contribution in [2.75, 3.05) is 31.2 Å². The fraction of sp³-hybridized carbons (Fsp3) is 0.222. The van der Waals surface area contributed by atoms with Crippen LogP contribution < -0.4 is 5.32 Å². The first kappa shape index (κ1) is 18.1. The van der Waals surface area contributed by atoms with Gasteiger partial charge in [0.15, 0.2) is 0 Å². The Bertz CT molecular complexity index is 823. The van der Waals surface area contributed by atoms with Crippen molar-refractivity contribution in [3.05, 3.63) is 51.7 Å². The predicted molar refractivity (Wildman–Crippen MR) is 102 cm³/mol. The van der Waals surface area contributed by atoms with Crippen LogP contribution in [-0.4, -0.2) is 37.8 Å². The zero-order valence-electron chi connectivity index (χ0n) is 14.0. The Labute approximate surface area is 147 Å². The van der Waals surface area contributed by atoms with Crippen LogP contribution in [0, 0.1) is 11.2 Å². The van der Waals surface area contributed by atoms with Gasteiger partial charge in [-0.15, -0.1) is 11.3 Å². The number of benzene rings is 1. The maximum absolute atomic E-state index is 12.4. The quantitative estimate of drug-likeness (QED) is 0.668. The number of ether oxygens (including phenoxy) is 1. The topological polar surface area (TPSA) is 55.4 Å². The molecule has 2 rings (SSSR count). The average Bonchev–Trinajstić information content (AvgIpc) is 3.01. The molecule has 0 bridgehead atoms. The third-order valence-electron chi connectivity index (χ3n) is 2.89. The molecular formula is C18H19NO3S2. The van der Waals surface area contributed by atoms with Gasteiger partial charge in [0, 0.05) is 0 Å². The molecule has 6 heteroatoms. The molecule has 126 valence electrons. The first-order valence-corrected chi connectivity index (χ1v) is 10.8. The van der Waals surface area contributed by atoms with Gasteiger partial charge >= 0.3 is 5.97 Å². The zero-order chi connectivity index (χ0) is 17.7. The Balaban J connectivity index is 2.18. The van der Waals surface area contributed by atoms with E-state index in [1.165, 1.54) is 18.4 Å². The molecule has 0 radical (unpaired) electrons. The van der Waals surface area contributed by atoms with E-state index in [1.807, 2.05) is 6.07 Å². The summed E-state index contributed by atoms with van der Waals surface area (Å²) < 4.78 is 4.73. The normalized spacial score (nSPS) is 11.2. The first-order chi connectivity index (χ1) is 11.3. The van der Waals surface area contributed by atoms with Crippen LogP contribution in [0.3, 0.4) is 0 Å². The Morgan fingerprint density at radius 2 is 1.83 bits per heavy atom. The standard InChI is InChI=1S/C18H19NO3S2/c1-22-18(21)14-7-5-6-8-15(14)19-17(20)16-10-9-13(23-16)11-12-24(2,3)4/h5-10H,1-4H3,(H,19,20). The highest BCUT2D eigenvalue weighted by Gasteiger charge is 2.15. The summed E-state index contributed by atoms with van der Waals surface area (Å²) in [6, 6.07) is 10.3. The van der Waals surface area contributed by atoms with E-state index in [0.717, 1.165) is 4.88 Å². The fourth-order valence-corrected chi connectivity index (χ4v) is 3.03. The number of para-hydroxylation sites is 1. The van der Waals surface area contributed by atoms with Crippen molar-refractivity contribution in [3.63, 3.8) is 0 Å². The second kappa shape index (κ2) is 7.56. The zero-order valence-corrected chi connectivity index (χ0v) is 15.6. The summed E-state index contributed by atoms with van der Waals surface area (Å²) in [5.41, 5.74) is 0.746. The van der Waals surface area contributed by atoms with Crippen LogP contribution >= 0.6 is 21.4 Å². The van der Waals surface area contributed by atoms with Crippen LogP contribution in [0.1, 0.15) is 24.9 Å². The molecule has 4 nitrogen and oxygen atoms in total. The minimum Gasteiger partial charge on any atom is -0.465 e. The lowest BCUT2D eigenvalue weighted by Crippen LogP contribution is -2.14. The fourth-order valence-electron chi connectivity index (χ4n) is 1.79. The summed E-state index contributed by atoms with van der Waals surface area (Å²) in [7, 11) is 0.402. The van der Waals surface area contributed by atoms with Crippen LogP contribution in [0.4, 0.5) is 5.69 Å². The number of amides is 1. The molecule has 0 aliphatic heterocycles. The molecule has 2 aromatic rings. The largest absolute Gasteiger partial charge is 0.465 e. The number of carbonyl (C=O) groups excluding carboxylic acids is 2. The number of esters is 1. The van der Waals surface area contributed by atoms with Gasteiger partial charge in [-0.1, -0.05) is 12.1 Å². The molecule has 1 N–H and O–H groups in total. The number of rotatable bonds is 3. The number of hydrogen-bond acceptors (Lipinski definition) is 4. The molecule has 1 aromatic carbocycles. The number of anilines is 1. The molecule has 1 heterocycles. The monoisotopic (exact) mass is 361 g/mol. The lowest BCUT2D eigenvalue weighted by Gasteiger charge is -2.14. The van der Waals surface area contributed by atoms with Crippen molar-refractivity contribution >= 4 is 38.9 Å². The van der Waals surface area contributed by atoms with Gasteiger partial charge in [0.25, 0.3) is 5.91 Å². The SMILES string of the molecule is COC(=O)c1ccccc1NC(=O)c1ccc(C#CS(C)(C)C)s1. The Hall–Kier alpha value is -2.23. The van der Waals surface area contributed by atoms with Crippen molar-refractivity contribution < 1.29 is 14.3 Å². The van der Waals surface area contributed by atoms with E-state index in [9.17, 15) is 9.59 Å². The summed E-state index contributed by atoms with van der Waals surface area (Å²) in [5.74, 6) is 2.35. The maximum Gasteiger partial charge on any atom is 0.339 e. The predicted octanol–water partition coefficient (Wildman–Crippen LogP) is 3.79. The second-order valence-electron chi connectivity index (χ2n) is 5.72. The Kier molecular flexibility index (Phi) is 5.71. The van der Waals surface area contributed by atoms with E-state index in [-0.39, 0.29) is 5.91 Å². The van der Waals surface area contributed by atoms with Crippen LogP contribution in [0.15, 0.2) is 36.4 Å². The molecule has 24 heavy (non-hydrogen) atoms. The second-order valence-corrected chi connectivity index (χ2v) is 10.7. The molecule has 1 amide bonds. The number of thiophene rings is 1. The van der Waals surface area contributed by atoms with Gasteiger partial charge in [0.2, 0.25) is 0 Å². The van der Waals surface area contributed by atoms with Gasteiger partial charge in [-0.05, 0) is 54.2 Å². The van der Waals surface area contributed by atoms with Crippen molar-refractivity contribution in [1.29, 1.82) is 0 Å². The van der Waals surface area contributed by atoms with Gasteiger partial charge in [0.1, 0.15) is 0 Å². The van der Waals surface area contributed by atoms with Gasteiger partial charge in [-0.2, -0.15) is 10.0 Å². The van der Waals surface area contributed by atoms with E-state index in [4.69, 9.17) is 4.74 Å². The van der Waals surface area contributed by atoms with E-state index in [2.05, 4.69) is 35.3 Å². The summed E-state index contributed by atoms with van der Waals surface area (Å²) in [6.07, 6.45) is 6.35. The third-order valence-corrected chi connectivity index (χ3v) is 4.60. The number of nitrogens with one attached hydrogen (secondary N) is 1. The van der Waals surface area contributed by atoms with Crippen molar-refractivity contribution in [2.24, 2.45) is 0 Å². The molecular weight excluding hydrogens is 342 g/mol. The average molecular weight is 361 g/mol. The molecule has 0 atom stereocenters. The molecule has 0 unspecified atom stereocenters. The molecule has 1 aromatic heterocycles. The van der Waals surface area contributed by atoms with E-state index < -0.39 is 16.0 Å². The highest BCUT2D eigenvalue weighted by Crippen LogP contribution is 2.32. The van der Waals surface area contributed by atoms with E-state index in [0.29, 0.717) is 16.1 Å². The number of carbonyl (C=O) groups is 2. The third kappa shape index (κ3) is 4.88. The van der Waals surface area contributed by atoms with Crippen LogP contribution in [0.5, 0.6) is 0 Å². The minimum absolute atomic E-state index is 0.271. The van der Waals surface area contributed by atoms with Gasteiger partial charge in [0.05, 0.1) is 28.1 Å². The Morgan fingerprint density at radius 3 is 2.50 bits per heavy atom. The number of methoxy groups -OCH3 is 1. The summed E-state index contributed by atoms with van der Waals surface area (Å²) in [5, 5.41) is 5.98. The van der Waals surface area contributed by atoms with E-state index >= 15 is 0 Å². The molecule has 0 aliphatic rings. The van der Waals surface area contributed by atoms with Gasteiger partial charge in [-0.25, -0.2) is 4.79 Å². The lowest BCUT2D eigenvalue weighted by molar-refractivity contribution is 0.0602. The summed E-state index contributed by atoms with van der Waals surface area (Å²) >= 11 is 1.33. The first-order valence-electron chi connectivity index (χ1n) is 7.10. The molecule has 0 fully saturated rings.